The molecule has 1 N–H and O–H groups in total. The van der Waals surface area contributed by atoms with Gasteiger partial charge in [0, 0.05) is 22.8 Å². The number of halogens is 1. The summed E-state index contributed by atoms with van der Waals surface area (Å²) in [5.41, 5.74) is 3.83. The summed E-state index contributed by atoms with van der Waals surface area (Å²) in [5, 5.41) is 21.3. The van der Waals surface area contributed by atoms with Crippen LogP contribution in [0.3, 0.4) is 0 Å². The third kappa shape index (κ3) is 6.36. The Morgan fingerprint density at radius 1 is 1.02 bits per heavy atom. The summed E-state index contributed by atoms with van der Waals surface area (Å²) < 4.78 is 12.5. The zero-order chi connectivity index (χ0) is 32.5. The average Bonchev–Trinajstić information content (AvgIpc) is 3.78. The summed E-state index contributed by atoms with van der Waals surface area (Å²) in [4.78, 5) is 28.9. The summed E-state index contributed by atoms with van der Waals surface area (Å²) in [6.45, 7) is 2.31. The molecule has 236 valence electrons. The number of rotatable bonds is 9. The van der Waals surface area contributed by atoms with Gasteiger partial charge in [0.25, 0.3) is 5.78 Å². The van der Waals surface area contributed by atoms with E-state index in [1.54, 1.807) is 30.3 Å². The molecule has 1 aromatic heterocycles. The van der Waals surface area contributed by atoms with Crippen molar-refractivity contribution in [2.24, 2.45) is 0 Å². The monoisotopic (exact) mass is 681 g/mol. The number of hydrogen-bond acceptors (Lipinski definition) is 9. The van der Waals surface area contributed by atoms with E-state index in [0.29, 0.717) is 45.0 Å². The van der Waals surface area contributed by atoms with Crippen LogP contribution in [0.1, 0.15) is 40.8 Å². The topological polar surface area (TPSA) is 102 Å². The van der Waals surface area contributed by atoms with Gasteiger partial charge in [0.2, 0.25) is 5.13 Å². The molecular formula is C36H28ClN3O5S2. The predicted molar refractivity (Wildman–Crippen MR) is 183 cm³/mol. The second kappa shape index (κ2) is 13.2. The molecule has 7 rings (SSSR count). The van der Waals surface area contributed by atoms with Gasteiger partial charge in [-0.2, -0.15) is 0 Å². The molecule has 1 fully saturated rings. The van der Waals surface area contributed by atoms with Gasteiger partial charge >= 0.3 is 5.91 Å². The Labute approximate surface area is 284 Å². The van der Waals surface area contributed by atoms with Crippen LogP contribution in [0.15, 0.2) is 107 Å². The van der Waals surface area contributed by atoms with Crippen molar-refractivity contribution in [2.45, 2.75) is 42.2 Å². The Morgan fingerprint density at radius 2 is 1.83 bits per heavy atom. The molecule has 2 aliphatic heterocycles. The van der Waals surface area contributed by atoms with Gasteiger partial charge in [-0.15, -0.1) is 10.2 Å². The zero-order valence-electron chi connectivity index (χ0n) is 25.1. The first-order valence-electron chi connectivity index (χ1n) is 14.9. The van der Waals surface area contributed by atoms with Gasteiger partial charge in [0.1, 0.15) is 30.0 Å². The van der Waals surface area contributed by atoms with E-state index >= 15 is 0 Å². The Balaban J connectivity index is 1.26. The fraction of sp³-hybridized carbons (Fsp3) is 0.167. The van der Waals surface area contributed by atoms with Crippen LogP contribution >= 0.6 is 34.7 Å². The van der Waals surface area contributed by atoms with Crippen molar-refractivity contribution in [3.63, 3.8) is 0 Å². The minimum Gasteiger partial charge on any atom is -0.507 e. The molecule has 2 aliphatic rings. The first-order valence-corrected chi connectivity index (χ1v) is 17.1. The lowest BCUT2D eigenvalue weighted by Crippen LogP contribution is -2.29. The number of ketones is 1. The van der Waals surface area contributed by atoms with Crippen molar-refractivity contribution in [1.29, 1.82) is 0 Å². The smallest absolute Gasteiger partial charge is 0.301 e. The first kappa shape index (κ1) is 31.0. The van der Waals surface area contributed by atoms with Crippen LogP contribution < -0.4 is 14.4 Å². The Morgan fingerprint density at radius 3 is 2.66 bits per heavy atom. The van der Waals surface area contributed by atoms with Crippen LogP contribution in [0.25, 0.3) is 5.76 Å². The number of thioether (sulfide) groups is 1. The molecule has 5 aromatic rings. The lowest BCUT2D eigenvalue weighted by molar-refractivity contribution is -0.132. The summed E-state index contributed by atoms with van der Waals surface area (Å²) in [6.07, 6.45) is 0.683. The highest BCUT2D eigenvalue weighted by atomic mass is 35.5. The number of Topliss-reactive ketones (excluding diaryl/α,β-unsaturated/α-hetero) is 1. The number of ether oxygens (including phenoxy) is 2. The Hall–Kier alpha value is -4.64. The zero-order valence-corrected chi connectivity index (χ0v) is 27.5. The number of hydrogen-bond donors (Lipinski definition) is 1. The van der Waals surface area contributed by atoms with Crippen molar-refractivity contribution in [3.05, 3.63) is 135 Å². The highest BCUT2D eigenvalue weighted by Gasteiger charge is 2.48. The number of benzene rings is 4. The van der Waals surface area contributed by atoms with Crippen molar-refractivity contribution < 1.29 is 24.2 Å². The molecule has 11 heteroatoms. The van der Waals surface area contributed by atoms with Crippen LogP contribution in [-0.4, -0.2) is 33.1 Å². The molecule has 0 saturated carbocycles. The quantitative estimate of drug-likeness (QED) is 0.0549. The molecular weight excluding hydrogens is 654 g/mol. The molecule has 3 heterocycles. The third-order valence-corrected chi connectivity index (χ3v) is 10.4. The molecule has 1 saturated heterocycles. The normalized spacial score (nSPS) is 18.3. The number of aliphatic hydroxyl groups excluding tert-OH is 1. The maximum Gasteiger partial charge on any atom is 0.301 e. The third-order valence-electron chi connectivity index (χ3n) is 7.95. The van der Waals surface area contributed by atoms with Gasteiger partial charge in [-0.05, 0) is 65.6 Å². The molecule has 47 heavy (non-hydrogen) atoms. The standard InChI is InChI=1S/C36H28ClN3O5S2/c1-21-16-26-17-24(14-15-29(26)45-21)32(41)30-31(23-11-7-12-27(18-23)44-19-22-8-3-2-4-9-22)40(34(43)33(30)42)35-38-39-36(47-35)46-20-25-10-5-6-13-28(25)37/h2-15,17-18,21,31,41H,16,19-20H2,1H3/t21-,31+/m0/s1. The molecule has 0 bridgehead atoms. The number of aromatic nitrogens is 2. The number of carbonyl (C=O) groups is 2. The van der Waals surface area contributed by atoms with Crippen molar-refractivity contribution >= 4 is 57.3 Å². The van der Waals surface area contributed by atoms with Crippen LogP contribution in [-0.2, 0) is 28.4 Å². The first-order chi connectivity index (χ1) is 22.9. The predicted octanol–water partition coefficient (Wildman–Crippen LogP) is 8.01. The molecule has 4 aromatic carbocycles. The summed E-state index contributed by atoms with van der Waals surface area (Å²) in [5.74, 6) is -0.0406. The second-order valence-corrected chi connectivity index (χ2v) is 13.8. The molecule has 0 unspecified atom stereocenters. The van der Waals surface area contributed by atoms with Gasteiger partial charge in [0.05, 0.1) is 11.6 Å². The van der Waals surface area contributed by atoms with Gasteiger partial charge in [-0.25, -0.2) is 0 Å². The van der Waals surface area contributed by atoms with E-state index in [4.69, 9.17) is 21.1 Å². The SMILES string of the molecule is C[C@H]1Cc2cc(C(O)=C3C(=O)C(=O)N(c4nnc(SCc5ccccc5Cl)s4)[C@@H]3c3cccc(OCc4ccccc4)c3)ccc2O1. The molecule has 0 spiro atoms. The van der Waals surface area contributed by atoms with Crippen molar-refractivity contribution in [3.8, 4) is 11.5 Å². The van der Waals surface area contributed by atoms with Crippen LogP contribution in [0.4, 0.5) is 5.13 Å². The fourth-order valence-corrected chi connectivity index (χ4v) is 7.85. The Bertz CT molecular complexity index is 2010. The second-order valence-electron chi connectivity index (χ2n) is 11.2. The minimum absolute atomic E-state index is 0.00832. The summed E-state index contributed by atoms with van der Waals surface area (Å²) in [7, 11) is 0. The van der Waals surface area contributed by atoms with Gasteiger partial charge in [0.15, 0.2) is 4.34 Å². The molecule has 0 radical (unpaired) electrons. The van der Waals surface area contributed by atoms with Crippen LogP contribution in [0.2, 0.25) is 5.02 Å². The highest BCUT2D eigenvalue weighted by molar-refractivity contribution is 8.00. The average molecular weight is 682 g/mol. The molecule has 0 aliphatic carbocycles. The van der Waals surface area contributed by atoms with Gasteiger partial charge in [-0.3, -0.25) is 14.5 Å². The number of nitrogens with zero attached hydrogens (tertiary/aromatic N) is 3. The highest BCUT2D eigenvalue weighted by Crippen LogP contribution is 2.45. The number of anilines is 1. The molecule has 8 nitrogen and oxygen atoms in total. The minimum atomic E-state index is -0.979. The van der Waals surface area contributed by atoms with E-state index in [1.807, 2.05) is 73.7 Å². The van der Waals surface area contributed by atoms with E-state index in [0.717, 1.165) is 22.4 Å². The van der Waals surface area contributed by atoms with E-state index in [9.17, 15) is 14.7 Å². The fourth-order valence-electron chi connectivity index (χ4n) is 5.70. The summed E-state index contributed by atoms with van der Waals surface area (Å²) in [6, 6.07) is 28.8. The number of fused-ring (bicyclic) bond motifs is 1. The molecule has 2 atom stereocenters. The number of amides is 1. The van der Waals surface area contributed by atoms with E-state index in [2.05, 4.69) is 10.2 Å². The number of carbonyl (C=O) groups excluding carboxylic acids is 2. The van der Waals surface area contributed by atoms with Gasteiger partial charge < -0.3 is 14.6 Å². The number of aliphatic hydroxyl groups is 1. The van der Waals surface area contributed by atoms with Crippen LogP contribution in [0, 0.1) is 0 Å². The lowest BCUT2D eigenvalue weighted by Gasteiger charge is -2.23. The maximum atomic E-state index is 13.8. The Kier molecular flexibility index (Phi) is 8.72. The van der Waals surface area contributed by atoms with Gasteiger partial charge in [-0.1, -0.05) is 95.4 Å². The maximum absolute atomic E-state index is 13.8. The van der Waals surface area contributed by atoms with Crippen molar-refractivity contribution in [2.75, 3.05) is 4.90 Å². The largest absolute Gasteiger partial charge is 0.507 e. The van der Waals surface area contributed by atoms with E-state index in [1.165, 1.54) is 28.0 Å². The lowest BCUT2D eigenvalue weighted by atomic mass is 9.94. The summed E-state index contributed by atoms with van der Waals surface area (Å²) >= 11 is 8.97. The van der Waals surface area contributed by atoms with Crippen LogP contribution in [0.5, 0.6) is 11.5 Å². The van der Waals surface area contributed by atoms with E-state index in [-0.39, 0.29) is 22.6 Å². The molecule has 1 amide bonds. The van der Waals surface area contributed by atoms with Crippen molar-refractivity contribution in [1.82, 2.24) is 10.2 Å². The van der Waals surface area contributed by atoms with E-state index < -0.39 is 17.7 Å².